The van der Waals surface area contributed by atoms with Gasteiger partial charge < -0.3 is 19.5 Å². The Morgan fingerprint density at radius 2 is 2.00 bits per heavy atom. The number of ether oxygens (including phenoxy) is 3. The van der Waals surface area contributed by atoms with Gasteiger partial charge in [0.1, 0.15) is 6.33 Å². The lowest BCUT2D eigenvalue weighted by molar-refractivity contribution is 0.171. The Morgan fingerprint density at radius 3 is 2.50 bits per heavy atom. The topological polar surface area (TPSA) is 65.5 Å². The molecule has 2 rings (SSSR count). The van der Waals surface area contributed by atoms with Gasteiger partial charge in [0, 0.05) is 18.7 Å². The highest BCUT2D eigenvalue weighted by molar-refractivity contribution is 5.34. The maximum Gasteiger partial charge on any atom is 0.224 e. The molecular weight excluding hydrogens is 234 g/mol. The van der Waals surface area contributed by atoms with Crippen molar-refractivity contribution in [2.75, 3.05) is 27.4 Å². The molecule has 0 saturated carbocycles. The highest BCUT2D eigenvalue weighted by Gasteiger charge is 2.29. The minimum Gasteiger partial charge on any atom is -0.481 e. The first-order valence-corrected chi connectivity index (χ1v) is 5.93. The minimum atomic E-state index is -0.00807. The van der Waals surface area contributed by atoms with E-state index in [1.807, 2.05) is 0 Å². The van der Waals surface area contributed by atoms with Gasteiger partial charge in [0.2, 0.25) is 11.8 Å². The number of nitrogens with zero attached hydrogens (tertiary/aromatic N) is 2. The van der Waals surface area contributed by atoms with Crippen molar-refractivity contribution in [3.63, 3.8) is 0 Å². The molecule has 0 spiro atoms. The molecule has 0 bridgehead atoms. The third kappa shape index (κ3) is 2.70. The van der Waals surface area contributed by atoms with Crippen LogP contribution in [0.5, 0.6) is 11.8 Å². The molecule has 1 fully saturated rings. The van der Waals surface area contributed by atoms with E-state index in [0.717, 1.165) is 18.6 Å². The standard InChI is InChI=1S/C12H19N3O3/c1-12(4-5-18-7-12)15-6-9-10(16-2)13-8-14-11(9)17-3/h8,15H,4-7H2,1-3H3. The van der Waals surface area contributed by atoms with Crippen LogP contribution in [0.1, 0.15) is 18.9 Å². The lowest BCUT2D eigenvalue weighted by atomic mass is 10.0. The Bertz CT molecular complexity index is 383. The first kappa shape index (κ1) is 13.0. The second-order valence-corrected chi connectivity index (χ2v) is 4.59. The molecule has 100 valence electrons. The lowest BCUT2D eigenvalue weighted by Gasteiger charge is -2.24. The monoisotopic (exact) mass is 253 g/mol. The molecule has 1 saturated heterocycles. The van der Waals surface area contributed by atoms with Gasteiger partial charge in [-0.2, -0.15) is 0 Å². The van der Waals surface area contributed by atoms with Gasteiger partial charge in [-0.25, -0.2) is 9.97 Å². The second-order valence-electron chi connectivity index (χ2n) is 4.59. The SMILES string of the molecule is COc1ncnc(OC)c1CNC1(C)CCOC1. The van der Waals surface area contributed by atoms with Gasteiger partial charge in [-0.15, -0.1) is 0 Å². The molecule has 0 aromatic carbocycles. The predicted octanol–water partition coefficient (Wildman–Crippen LogP) is 0.762. The van der Waals surface area contributed by atoms with E-state index in [0.29, 0.717) is 24.9 Å². The molecule has 2 heterocycles. The average molecular weight is 253 g/mol. The number of methoxy groups -OCH3 is 2. The van der Waals surface area contributed by atoms with E-state index in [-0.39, 0.29) is 5.54 Å². The normalized spacial score (nSPS) is 23.1. The van der Waals surface area contributed by atoms with E-state index < -0.39 is 0 Å². The van der Waals surface area contributed by atoms with Crippen molar-refractivity contribution in [2.24, 2.45) is 0 Å². The molecular formula is C12H19N3O3. The third-order valence-corrected chi connectivity index (χ3v) is 3.16. The molecule has 1 aliphatic heterocycles. The molecule has 1 aromatic heterocycles. The quantitative estimate of drug-likeness (QED) is 0.836. The smallest absolute Gasteiger partial charge is 0.224 e. The van der Waals surface area contributed by atoms with E-state index >= 15 is 0 Å². The summed E-state index contributed by atoms with van der Waals surface area (Å²) in [5.74, 6) is 1.08. The van der Waals surface area contributed by atoms with Crippen LogP contribution in [0.25, 0.3) is 0 Å². The van der Waals surface area contributed by atoms with Crippen LogP contribution in [0.4, 0.5) is 0 Å². The summed E-state index contributed by atoms with van der Waals surface area (Å²) in [5.41, 5.74) is 0.821. The molecule has 1 atom stereocenters. The van der Waals surface area contributed by atoms with Crippen molar-refractivity contribution in [1.29, 1.82) is 0 Å². The Labute approximate surface area is 107 Å². The highest BCUT2D eigenvalue weighted by atomic mass is 16.5. The predicted molar refractivity (Wildman–Crippen MR) is 65.8 cm³/mol. The van der Waals surface area contributed by atoms with Crippen molar-refractivity contribution < 1.29 is 14.2 Å². The van der Waals surface area contributed by atoms with Gasteiger partial charge in [0.05, 0.1) is 26.4 Å². The zero-order chi connectivity index (χ0) is 13.0. The van der Waals surface area contributed by atoms with Crippen molar-refractivity contribution in [2.45, 2.75) is 25.4 Å². The van der Waals surface area contributed by atoms with Crippen LogP contribution in [-0.4, -0.2) is 42.9 Å². The summed E-state index contributed by atoms with van der Waals surface area (Å²) < 4.78 is 15.9. The van der Waals surface area contributed by atoms with Crippen LogP contribution in [0.15, 0.2) is 6.33 Å². The fourth-order valence-corrected chi connectivity index (χ4v) is 1.99. The van der Waals surface area contributed by atoms with Crippen LogP contribution in [-0.2, 0) is 11.3 Å². The van der Waals surface area contributed by atoms with E-state index in [1.54, 1.807) is 14.2 Å². The molecule has 1 N–H and O–H groups in total. The van der Waals surface area contributed by atoms with Gasteiger partial charge in [-0.3, -0.25) is 0 Å². The summed E-state index contributed by atoms with van der Waals surface area (Å²) in [7, 11) is 3.18. The number of rotatable bonds is 5. The summed E-state index contributed by atoms with van der Waals surface area (Å²) in [6.07, 6.45) is 2.42. The molecule has 6 heteroatoms. The molecule has 6 nitrogen and oxygen atoms in total. The average Bonchev–Trinajstić information content (AvgIpc) is 2.83. The summed E-state index contributed by atoms with van der Waals surface area (Å²) in [6, 6.07) is 0. The van der Waals surface area contributed by atoms with Gasteiger partial charge in [-0.1, -0.05) is 0 Å². The summed E-state index contributed by atoms with van der Waals surface area (Å²) in [5, 5.41) is 3.46. The van der Waals surface area contributed by atoms with E-state index in [4.69, 9.17) is 14.2 Å². The first-order valence-electron chi connectivity index (χ1n) is 5.93. The van der Waals surface area contributed by atoms with Crippen LogP contribution >= 0.6 is 0 Å². The molecule has 0 aliphatic carbocycles. The van der Waals surface area contributed by atoms with Crippen molar-refractivity contribution in [3.8, 4) is 11.8 Å². The van der Waals surface area contributed by atoms with E-state index in [2.05, 4.69) is 22.2 Å². The van der Waals surface area contributed by atoms with Crippen molar-refractivity contribution >= 4 is 0 Å². The Hall–Kier alpha value is -1.40. The van der Waals surface area contributed by atoms with Crippen LogP contribution < -0.4 is 14.8 Å². The van der Waals surface area contributed by atoms with Crippen LogP contribution in [0, 0.1) is 0 Å². The largest absolute Gasteiger partial charge is 0.481 e. The Morgan fingerprint density at radius 1 is 1.33 bits per heavy atom. The summed E-state index contributed by atoms with van der Waals surface area (Å²) in [6.45, 7) is 4.24. The number of aromatic nitrogens is 2. The molecule has 1 aromatic rings. The zero-order valence-corrected chi connectivity index (χ0v) is 11.0. The summed E-state index contributed by atoms with van der Waals surface area (Å²) in [4.78, 5) is 8.18. The van der Waals surface area contributed by atoms with Gasteiger partial charge in [0.25, 0.3) is 0 Å². The molecule has 18 heavy (non-hydrogen) atoms. The summed E-state index contributed by atoms with van der Waals surface area (Å²) >= 11 is 0. The lowest BCUT2D eigenvalue weighted by Crippen LogP contribution is -2.42. The zero-order valence-electron chi connectivity index (χ0n) is 11.0. The number of nitrogens with one attached hydrogen (secondary N) is 1. The molecule has 1 aliphatic rings. The molecule has 1 unspecified atom stereocenters. The fraction of sp³-hybridized carbons (Fsp3) is 0.667. The number of hydrogen-bond donors (Lipinski definition) is 1. The van der Waals surface area contributed by atoms with E-state index in [1.165, 1.54) is 6.33 Å². The Kier molecular flexibility index (Phi) is 3.98. The second kappa shape index (κ2) is 5.49. The van der Waals surface area contributed by atoms with Gasteiger partial charge >= 0.3 is 0 Å². The van der Waals surface area contributed by atoms with Crippen LogP contribution in [0.2, 0.25) is 0 Å². The fourth-order valence-electron chi connectivity index (χ4n) is 1.99. The van der Waals surface area contributed by atoms with Gasteiger partial charge in [-0.05, 0) is 13.3 Å². The maximum atomic E-state index is 5.41. The van der Waals surface area contributed by atoms with Crippen LogP contribution in [0.3, 0.4) is 0 Å². The van der Waals surface area contributed by atoms with Gasteiger partial charge in [0.15, 0.2) is 0 Å². The molecule has 0 amide bonds. The van der Waals surface area contributed by atoms with Crippen molar-refractivity contribution in [3.05, 3.63) is 11.9 Å². The molecule has 0 radical (unpaired) electrons. The maximum absolute atomic E-state index is 5.41. The first-order chi connectivity index (χ1) is 8.68. The highest BCUT2D eigenvalue weighted by Crippen LogP contribution is 2.25. The minimum absolute atomic E-state index is 0.00807. The third-order valence-electron chi connectivity index (χ3n) is 3.16. The Balaban J connectivity index is 2.12. The van der Waals surface area contributed by atoms with Crippen molar-refractivity contribution in [1.82, 2.24) is 15.3 Å². The number of hydrogen-bond acceptors (Lipinski definition) is 6. The van der Waals surface area contributed by atoms with E-state index in [9.17, 15) is 0 Å².